The maximum Gasteiger partial charge on any atom is 0.325 e. The Bertz CT molecular complexity index is 278. The van der Waals surface area contributed by atoms with Gasteiger partial charge in [-0.1, -0.05) is 6.92 Å². The Hall–Kier alpha value is -1.43. The van der Waals surface area contributed by atoms with Crippen molar-refractivity contribution < 1.29 is 23.9 Å². The second kappa shape index (κ2) is 10.7. The molecule has 104 valence electrons. The molecule has 0 spiro atoms. The number of ketones is 1. The van der Waals surface area contributed by atoms with Crippen LogP contribution in [0.15, 0.2) is 0 Å². The van der Waals surface area contributed by atoms with Crippen molar-refractivity contribution in [1.82, 2.24) is 5.32 Å². The highest BCUT2D eigenvalue weighted by atomic mass is 16.5. The molecule has 0 aromatic rings. The summed E-state index contributed by atoms with van der Waals surface area (Å²) in [6, 6.07) is 0. The van der Waals surface area contributed by atoms with Gasteiger partial charge in [0.25, 0.3) is 0 Å². The normalized spacial score (nSPS) is 9.89. The minimum absolute atomic E-state index is 0.0501. The molecule has 0 aromatic carbocycles. The van der Waals surface area contributed by atoms with E-state index in [1.807, 2.05) is 6.92 Å². The molecule has 0 saturated heterocycles. The van der Waals surface area contributed by atoms with Crippen molar-refractivity contribution in [3.05, 3.63) is 0 Å². The van der Waals surface area contributed by atoms with Gasteiger partial charge in [-0.3, -0.25) is 9.59 Å². The van der Waals surface area contributed by atoms with Gasteiger partial charge in [0, 0.05) is 13.0 Å². The van der Waals surface area contributed by atoms with Gasteiger partial charge in [-0.15, -0.1) is 0 Å². The zero-order valence-corrected chi connectivity index (χ0v) is 11.0. The summed E-state index contributed by atoms with van der Waals surface area (Å²) in [6.45, 7) is 3.91. The summed E-state index contributed by atoms with van der Waals surface area (Å²) >= 11 is 0. The zero-order valence-electron chi connectivity index (χ0n) is 11.0. The van der Waals surface area contributed by atoms with E-state index < -0.39 is 5.97 Å². The van der Waals surface area contributed by atoms with Crippen molar-refractivity contribution in [3.63, 3.8) is 0 Å². The molecule has 0 fully saturated rings. The van der Waals surface area contributed by atoms with Crippen molar-refractivity contribution in [2.24, 2.45) is 0 Å². The molecule has 1 N–H and O–H groups in total. The highest BCUT2D eigenvalue weighted by Crippen LogP contribution is 1.91. The third-order valence-electron chi connectivity index (χ3n) is 1.95. The highest BCUT2D eigenvalue weighted by Gasteiger charge is 2.06. The molecular formula is C12H21NO5. The van der Waals surface area contributed by atoms with Gasteiger partial charge in [-0.2, -0.15) is 0 Å². The molecule has 0 aliphatic rings. The third kappa shape index (κ3) is 11.1. The first-order valence-corrected chi connectivity index (χ1v) is 6.05. The molecule has 6 nitrogen and oxygen atoms in total. The van der Waals surface area contributed by atoms with Crippen molar-refractivity contribution in [2.75, 3.05) is 26.4 Å². The van der Waals surface area contributed by atoms with Crippen LogP contribution in [-0.4, -0.2) is 44.0 Å². The average molecular weight is 259 g/mol. The molecule has 0 saturated carbocycles. The Labute approximate surface area is 107 Å². The summed E-state index contributed by atoms with van der Waals surface area (Å²) in [6.07, 6.45) is 1.74. The van der Waals surface area contributed by atoms with Gasteiger partial charge in [0.15, 0.2) is 0 Å². The number of Topliss-reactive ketones (excluding diaryl/α,β-unsaturated/α-hetero) is 1. The van der Waals surface area contributed by atoms with Gasteiger partial charge in [-0.25, -0.2) is 0 Å². The van der Waals surface area contributed by atoms with Crippen molar-refractivity contribution in [2.45, 2.75) is 33.1 Å². The van der Waals surface area contributed by atoms with Crippen molar-refractivity contribution in [3.8, 4) is 0 Å². The summed E-state index contributed by atoms with van der Waals surface area (Å²) in [4.78, 5) is 32.9. The number of ether oxygens (including phenoxy) is 2. The Kier molecular flexibility index (Phi) is 9.86. The lowest BCUT2D eigenvalue weighted by Crippen LogP contribution is -2.33. The second-order valence-corrected chi connectivity index (χ2v) is 3.86. The molecule has 0 atom stereocenters. The van der Waals surface area contributed by atoms with Crippen molar-refractivity contribution in [1.29, 1.82) is 0 Å². The van der Waals surface area contributed by atoms with Gasteiger partial charge in [0.05, 0.1) is 6.61 Å². The molecular weight excluding hydrogens is 238 g/mol. The van der Waals surface area contributed by atoms with E-state index >= 15 is 0 Å². The molecule has 0 bridgehead atoms. The van der Waals surface area contributed by atoms with Crippen LogP contribution in [0.1, 0.15) is 33.1 Å². The van der Waals surface area contributed by atoms with Crippen LogP contribution < -0.4 is 5.32 Å². The lowest BCUT2D eigenvalue weighted by molar-refractivity contribution is -0.144. The van der Waals surface area contributed by atoms with E-state index in [1.54, 1.807) is 0 Å². The minimum atomic E-state index is -0.512. The Morgan fingerprint density at radius 1 is 1.17 bits per heavy atom. The first-order chi connectivity index (χ1) is 8.56. The zero-order chi connectivity index (χ0) is 13.8. The Balaban J connectivity index is 3.46. The van der Waals surface area contributed by atoms with E-state index in [0.717, 1.165) is 6.42 Å². The number of carbonyl (C=O) groups is 3. The fourth-order valence-electron chi connectivity index (χ4n) is 1.09. The topological polar surface area (TPSA) is 81.7 Å². The molecule has 1 amide bonds. The number of hydrogen-bond acceptors (Lipinski definition) is 5. The van der Waals surface area contributed by atoms with Gasteiger partial charge in [0.2, 0.25) is 5.91 Å². The molecule has 0 heterocycles. The number of nitrogens with one attached hydrogen (secondary N) is 1. The van der Waals surface area contributed by atoms with E-state index in [-0.39, 0.29) is 31.4 Å². The molecule has 0 aliphatic heterocycles. The van der Waals surface area contributed by atoms with Crippen LogP contribution in [0, 0.1) is 0 Å². The lowest BCUT2D eigenvalue weighted by atomic mass is 10.2. The van der Waals surface area contributed by atoms with E-state index in [9.17, 15) is 14.4 Å². The van der Waals surface area contributed by atoms with Crippen LogP contribution >= 0.6 is 0 Å². The Morgan fingerprint density at radius 3 is 2.50 bits per heavy atom. The summed E-state index contributed by atoms with van der Waals surface area (Å²) < 4.78 is 9.82. The largest absolute Gasteiger partial charge is 0.464 e. The van der Waals surface area contributed by atoms with E-state index in [1.165, 1.54) is 6.92 Å². The van der Waals surface area contributed by atoms with E-state index in [0.29, 0.717) is 19.4 Å². The van der Waals surface area contributed by atoms with Gasteiger partial charge in [0.1, 0.15) is 18.9 Å². The van der Waals surface area contributed by atoms with Crippen LogP contribution in [0.2, 0.25) is 0 Å². The monoisotopic (exact) mass is 259 g/mol. The quantitative estimate of drug-likeness (QED) is 0.455. The predicted molar refractivity (Wildman–Crippen MR) is 65.0 cm³/mol. The van der Waals surface area contributed by atoms with Gasteiger partial charge < -0.3 is 19.6 Å². The first kappa shape index (κ1) is 16.6. The molecule has 0 rings (SSSR count). The van der Waals surface area contributed by atoms with Crippen LogP contribution in [0.5, 0.6) is 0 Å². The minimum Gasteiger partial charge on any atom is -0.464 e. The molecule has 0 unspecified atom stereocenters. The summed E-state index contributed by atoms with van der Waals surface area (Å²) in [7, 11) is 0. The highest BCUT2D eigenvalue weighted by molar-refractivity contribution is 5.82. The standard InChI is InChI=1S/C12H21NO5/c1-3-6-17-9-11(15)13-8-12(16)18-7-4-5-10(2)14/h3-9H2,1-2H3,(H,13,15). The van der Waals surface area contributed by atoms with Crippen LogP contribution in [-0.2, 0) is 23.9 Å². The molecule has 0 aromatic heterocycles. The molecule has 6 heteroatoms. The van der Waals surface area contributed by atoms with Gasteiger partial charge >= 0.3 is 5.97 Å². The fourth-order valence-corrected chi connectivity index (χ4v) is 1.09. The third-order valence-corrected chi connectivity index (χ3v) is 1.95. The van der Waals surface area contributed by atoms with Crippen LogP contribution in [0.25, 0.3) is 0 Å². The fraction of sp³-hybridized carbons (Fsp3) is 0.750. The second-order valence-electron chi connectivity index (χ2n) is 3.86. The maximum atomic E-state index is 11.2. The number of carbonyl (C=O) groups excluding carboxylic acids is 3. The number of rotatable bonds is 10. The summed E-state index contributed by atoms with van der Waals surface area (Å²) in [5.41, 5.74) is 0. The molecule has 0 aliphatic carbocycles. The lowest BCUT2D eigenvalue weighted by Gasteiger charge is -2.06. The molecule has 18 heavy (non-hydrogen) atoms. The molecule has 0 radical (unpaired) electrons. The van der Waals surface area contributed by atoms with Crippen LogP contribution in [0.3, 0.4) is 0 Å². The smallest absolute Gasteiger partial charge is 0.325 e. The maximum absolute atomic E-state index is 11.2. The van der Waals surface area contributed by atoms with Crippen molar-refractivity contribution >= 4 is 17.7 Å². The SMILES string of the molecule is CCCOCC(=O)NCC(=O)OCCCC(C)=O. The summed E-state index contributed by atoms with van der Waals surface area (Å²) in [5, 5.41) is 2.39. The predicted octanol–water partition coefficient (Wildman–Crippen LogP) is 0.442. The van der Waals surface area contributed by atoms with E-state index in [4.69, 9.17) is 9.47 Å². The Morgan fingerprint density at radius 2 is 1.89 bits per heavy atom. The summed E-state index contributed by atoms with van der Waals surface area (Å²) in [5.74, 6) is -0.793. The number of esters is 1. The first-order valence-electron chi connectivity index (χ1n) is 6.05. The van der Waals surface area contributed by atoms with E-state index in [2.05, 4.69) is 5.32 Å². The average Bonchev–Trinajstić information content (AvgIpc) is 2.32. The van der Waals surface area contributed by atoms with Gasteiger partial charge in [-0.05, 0) is 19.8 Å². The number of hydrogen-bond donors (Lipinski definition) is 1. The van der Waals surface area contributed by atoms with Crippen LogP contribution in [0.4, 0.5) is 0 Å². The number of amides is 1.